The first kappa shape index (κ1) is 14.3. The number of halogens is 1. The van der Waals surface area contributed by atoms with Crippen molar-refractivity contribution in [1.82, 2.24) is 0 Å². The zero-order valence-electron chi connectivity index (χ0n) is 11.5. The lowest BCUT2D eigenvalue weighted by molar-refractivity contribution is 0.863. The van der Waals surface area contributed by atoms with Crippen molar-refractivity contribution in [2.24, 2.45) is 5.73 Å². The molecule has 1 nitrogen and oxygen atoms in total. The van der Waals surface area contributed by atoms with Crippen molar-refractivity contribution >= 4 is 15.9 Å². The first-order valence-electron chi connectivity index (χ1n) is 6.72. The lowest BCUT2D eigenvalue weighted by Crippen LogP contribution is -2.11. The first-order chi connectivity index (χ1) is 9.11. The zero-order chi connectivity index (χ0) is 13.8. The maximum atomic E-state index is 6.34. The van der Waals surface area contributed by atoms with E-state index in [1.54, 1.807) is 0 Å². The molecule has 2 heteroatoms. The highest BCUT2D eigenvalue weighted by atomic mass is 79.9. The summed E-state index contributed by atoms with van der Waals surface area (Å²) in [5.41, 5.74) is 11.2. The molecule has 0 saturated carbocycles. The fourth-order valence-electron chi connectivity index (χ4n) is 2.18. The normalized spacial score (nSPS) is 12.4. The fraction of sp³-hybridized carbons (Fsp3) is 0.294. The van der Waals surface area contributed by atoms with E-state index in [-0.39, 0.29) is 6.04 Å². The van der Waals surface area contributed by atoms with Crippen LogP contribution in [0.15, 0.2) is 46.9 Å². The van der Waals surface area contributed by atoms with Crippen LogP contribution in [0.1, 0.15) is 41.6 Å². The monoisotopic (exact) mass is 317 g/mol. The highest BCUT2D eigenvalue weighted by Crippen LogP contribution is 2.25. The second-order valence-electron chi connectivity index (χ2n) is 4.98. The summed E-state index contributed by atoms with van der Waals surface area (Å²) in [7, 11) is 0. The molecule has 0 spiro atoms. The Bertz CT molecular complexity index is 546. The van der Waals surface area contributed by atoms with Crippen LogP contribution in [-0.4, -0.2) is 0 Å². The van der Waals surface area contributed by atoms with Crippen LogP contribution in [0.5, 0.6) is 0 Å². The number of aryl methyl sites for hydroxylation is 2. The van der Waals surface area contributed by atoms with Gasteiger partial charge in [0, 0.05) is 4.47 Å². The Labute approximate surface area is 124 Å². The van der Waals surface area contributed by atoms with Crippen molar-refractivity contribution in [3.05, 3.63) is 69.2 Å². The van der Waals surface area contributed by atoms with Crippen LogP contribution in [0.25, 0.3) is 0 Å². The molecule has 100 valence electrons. The van der Waals surface area contributed by atoms with Gasteiger partial charge in [-0.05, 0) is 41.7 Å². The van der Waals surface area contributed by atoms with Gasteiger partial charge in [-0.1, -0.05) is 65.7 Å². The van der Waals surface area contributed by atoms with Gasteiger partial charge < -0.3 is 5.73 Å². The SMILES string of the molecule is CCCc1ccc(C(N)c2ccc(C)c(Br)c2)cc1. The van der Waals surface area contributed by atoms with Gasteiger partial charge in [0.25, 0.3) is 0 Å². The molecular weight excluding hydrogens is 298 g/mol. The number of hydrogen-bond donors (Lipinski definition) is 1. The van der Waals surface area contributed by atoms with Crippen LogP contribution in [0.3, 0.4) is 0 Å². The number of hydrogen-bond acceptors (Lipinski definition) is 1. The maximum absolute atomic E-state index is 6.34. The summed E-state index contributed by atoms with van der Waals surface area (Å²) in [6, 6.07) is 14.9. The van der Waals surface area contributed by atoms with Gasteiger partial charge in [0.05, 0.1) is 6.04 Å². The van der Waals surface area contributed by atoms with E-state index in [9.17, 15) is 0 Å². The second-order valence-corrected chi connectivity index (χ2v) is 5.83. The maximum Gasteiger partial charge on any atom is 0.0552 e. The third-order valence-corrected chi connectivity index (χ3v) is 4.29. The topological polar surface area (TPSA) is 26.0 Å². The highest BCUT2D eigenvalue weighted by molar-refractivity contribution is 9.10. The summed E-state index contributed by atoms with van der Waals surface area (Å²) in [5, 5.41) is 0. The lowest BCUT2D eigenvalue weighted by Gasteiger charge is -2.14. The molecule has 2 rings (SSSR count). The Hall–Kier alpha value is -1.12. The second kappa shape index (κ2) is 6.36. The van der Waals surface area contributed by atoms with E-state index in [2.05, 4.69) is 72.2 Å². The molecular formula is C17H20BrN. The third-order valence-electron chi connectivity index (χ3n) is 3.43. The van der Waals surface area contributed by atoms with Crippen LogP contribution >= 0.6 is 15.9 Å². The molecule has 0 aliphatic carbocycles. The van der Waals surface area contributed by atoms with E-state index >= 15 is 0 Å². The molecule has 2 aromatic carbocycles. The molecule has 0 radical (unpaired) electrons. The minimum atomic E-state index is -0.0624. The summed E-state index contributed by atoms with van der Waals surface area (Å²) in [6.07, 6.45) is 2.31. The molecule has 0 fully saturated rings. The Balaban J connectivity index is 2.22. The van der Waals surface area contributed by atoms with Crippen LogP contribution < -0.4 is 5.73 Å². The summed E-state index contributed by atoms with van der Waals surface area (Å²) < 4.78 is 1.11. The van der Waals surface area contributed by atoms with Gasteiger partial charge in [-0.2, -0.15) is 0 Å². The number of nitrogens with two attached hydrogens (primary N) is 1. The molecule has 2 N–H and O–H groups in total. The molecule has 0 amide bonds. The van der Waals surface area contributed by atoms with Crippen molar-refractivity contribution in [2.45, 2.75) is 32.7 Å². The summed E-state index contributed by atoms with van der Waals surface area (Å²) in [5.74, 6) is 0. The molecule has 0 bridgehead atoms. The Morgan fingerprint density at radius 2 is 1.68 bits per heavy atom. The number of rotatable bonds is 4. The van der Waals surface area contributed by atoms with Crippen LogP contribution in [0, 0.1) is 6.92 Å². The van der Waals surface area contributed by atoms with E-state index in [0.29, 0.717) is 0 Å². The van der Waals surface area contributed by atoms with E-state index in [0.717, 1.165) is 22.0 Å². The molecule has 0 heterocycles. The van der Waals surface area contributed by atoms with Gasteiger partial charge in [0.2, 0.25) is 0 Å². The van der Waals surface area contributed by atoms with Gasteiger partial charge >= 0.3 is 0 Å². The van der Waals surface area contributed by atoms with Crippen LogP contribution in [-0.2, 0) is 6.42 Å². The van der Waals surface area contributed by atoms with Crippen molar-refractivity contribution < 1.29 is 0 Å². The van der Waals surface area contributed by atoms with E-state index in [1.165, 1.54) is 17.5 Å². The lowest BCUT2D eigenvalue weighted by atomic mass is 9.97. The van der Waals surface area contributed by atoms with E-state index in [1.807, 2.05) is 0 Å². The van der Waals surface area contributed by atoms with E-state index in [4.69, 9.17) is 5.73 Å². The quantitative estimate of drug-likeness (QED) is 0.864. The molecule has 19 heavy (non-hydrogen) atoms. The minimum absolute atomic E-state index is 0.0624. The Morgan fingerprint density at radius 3 is 2.26 bits per heavy atom. The van der Waals surface area contributed by atoms with Gasteiger partial charge in [0.15, 0.2) is 0 Å². The molecule has 2 aromatic rings. The molecule has 1 unspecified atom stereocenters. The Kier molecular flexibility index (Phi) is 4.78. The van der Waals surface area contributed by atoms with Gasteiger partial charge in [-0.25, -0.2) is 0 Å². The predicted octanol–water partition coefficient (Wildman–Crippen LogP) is 4.76. The van der Waals surface area contributed by atoms with Crippen molar-refractivity contribution in [3.63, 3.8) is 0 Å². The Morgan fingerprint density at radius 1 is 1.05 bits per heavy atom. The van der Waals surface area contributed by atoms with Crippen LogP contribution in [0.2, 0.25) is 0 Å². The van der Waals surface area contributed by atoms with Gasteiger partial charge in [0.1, 0.15) is 0 Å². The molecule has 1 atom stereocenters. The van der Waals surface area contributed by atoms with Gasteiger partial charge in [-0.3, -0.25) is 0 Å². The molecule has 0 aliphatic rings. The predicted molar refractivity (Wildman–Crippen MR) is 85.3 cm³/mol. The minimum Gasteiger partial charge on any atom is -0.320 e. The summed E-state index contributed by atoms with van der Waals surface area (Å²) in [6.45, 7) is 4.28. The average molecular weight is 318 g/mol. The smallest absolute Gasteiger partial charge is 0.0552 e. The number of benzene rings is 2. The average Bonchev–Trinajstić information content (AvgIpc) is 2.42. The third kappa shape index (κ3) is 3.46. The first-order valence-corrected chi connectivity index (χ1v) is 7.51. The molecule has 0 saturated heterocycles. The van der Waals surface area contributed by atoms with Crippen molar-refractivity contribution in [2.75, 3.05) is 0 Å². The van der Waals surface area contributed by atoms with Crippen molar-refractivity contribution in [3.8, 4) is 0 Å². The largest absolute Gasteiger partial charge is 0.320 e. The fourth-order valence-corrected chi connectivity index (χ4v) is 2.57. The molecule has 0 aromatic heterocycles. The highest BCUT2D eigenvalue weighted by Gasteiger charge is 2.09. The van der Waals surface area contributed by atoms with Crippen LogP contribution in [0.4, 0.5) is 0 Å². The standard InChI is InChI=1S/C17H20BrN/c1-3-4-13-6-9-14(10-7-13)17(19)15-8-5-12(2)16(18)11-15/h5-11,17H,3-4,19H2,1-2H3. The zero-order valence-corrected chi connectivity index (χ0v) is 13.1. The summed E-state index contributed by atoms with van der Waals surface area (Å²) in [4.78, 5) is 0. The van der Waals surface area contributed by atoms with Gasteiger partial charge in [-0.15, -0.1) is 0 Å². The molecule has 0 aliphatic heterocycles. The van der Waals surface area contributed by atoms with Crippen molar-refractivity contribution in [1.29, 1.82) is 0 Å². The van der Waals surface area contributed by atoms with E-state index < -0.39 is 0 Å². The summed E-state index contributed by atoms with van der Waals surface area (Å²) >= 11 is 3.56.